The van der Waals surface area contributed by atoms with Gasteiger partial charge < -0.3 is 10.1 Å². The van der Waals surface area contributed by atoms with Gasteiger partial charge in [-0.15, -0.1) is 0 Å². The van der Waals surface area contributed by atoms with Gasteiger partial charge in [0.15, 0.2) is 5.78 Å². The maximum atomic E-state index is 13.0. The van der Waals surface area contributed by atoms with Crippen molar-refractivity contribution >= 4 is 11.8 Å². The van der Waals surface area contributed by atoms with Crippen LogP contribution in [0.3, 0.4) is 0 Å². The molecule has 1 aliphatic carbocycles. The molecule has 0 saturated carbocycles. The van der Waals surface area contributed by atoms with Gasteiger partial charge in [-0.25, -0.2) is 4.79 Å². The molecule has 1 aromatic carbocycles. The molecule has 150 valence electrons. The minimum Gasteiger partial charge on any atom is -0.462 e. The number of nitrogens with one attached hydrogen (secondary N) is 1. The minimum absolute atomic E-state index is 0.141. The van der Waals surface area contributed by atoms with Crippen molar-refractivity contribution in [2.24, 2.45) is 0 Å². The summed E-state index contributed by atoms with van der Waals surface area (Å²) in [5, 5.41) is 3.34. The van der Waals surface area contributed by atoms with E-state index in [0.717, 1.165) is 61.1 Å². The lowest BCUT2D eigenvalue weighted by atomic mass is 9.75. The molecular weight excluding hydrogens is 350 g/mol. The summed E-state index contributed by atoms with van der Waals surface area (Å²) in [5.74, 6) is -0.508. The van der Waals surface area contributed by atoms with E-state index in [1.165, 1.54) is 5.56 Å². The fraction of sp³-hybridized carbons (Fsp3) is 0.500. The Morgan fingerprint density at radius 3 is 2.57 bits per heavy atom. The van der Waals surface area contributed by atoms with Gasteiger partial charge in [0.25, 0.3) is 0 Å². The number of benzene rings is 1. The third kappa shape index (κ3) is 4.21. The van der Waals surface area contributed by atoms with Crippen LogP contribution >= 0.6 is 0 Å². The molecule has 1 atom stereocenters. The molecule has 0 radical (unpaired) electrons. The second kappa shape index (κ2) is 9.22. The monoisotopic (exact) mass is 381 g/mol. The van der Waals surface area contributed by atoms with Gasteiger partial charge in [-0.05, 0) is 43.7 Å². The van der Waals surface area contributed by atoms with Crippen LogP contribution in [-0.4, -0.2) is 18.4 Å². The number of ether oxygens (including phenoxy) is 1. The molecule has 4 nitrogen and oxygen atoms in total. The second-order valence-corrected chi connectivity index (χ2v) is 7.70. The van der Waals surface area contributed by atoms with Gasteiger partial charge in [0.1, 0.15) is 0 Å². The van der Waals surface area contributed by atoms with Crippen molar-refractivity contribution in [3.05, 3.63) is 57.9 Å². The van der Waals surface area contributed by atoms with Crippen molar-refractivity contribution in [1.82, 2.24) is 5.32 Å². The average Bonchev–Trinajstić information content (AvgIpc) is 2.70. The number of hydrogen-bond acceptors (Lipinski definition) is 4. The van der Waals surface area contributed by atoms with Crippen LogP contribution in [0.4, 0.5) is 0 Å². The van der Waals surface area contributed by atoms with E-state index in [0.29, 0.717) is 18.6 Å². The Kier molecular flexibility index (Phi) is 6.71. The molecule has 1 aromatic rings. The van der Waals surface area contributed by atoms with Crippen LogP contribution in [0.25, 0.3) is 0 Å². The number of unbranched alkanes of at least 4 members (excludes halogenated alkanes) is 2. The Hall–Kier alpha value is -2.36. The Morgan fingerprint density at radius 1 is 1.14 bits per heavy atom. The number of carbonyl (C=O) groups excluding carboxylic acids is 2. The van der Waals surface area contributed by atoms with E-state index in [2.05, 4.69) is 43.4 Å². The highest BCUT2D eigenvalue weighted by atomic mass is 16.5. The highest BCUT2D eigenvalue weighted by Crippen LogP contribution is 2.42. The number of aryl methyl sites for hydroxylation is 1. The molecule has 0 spiro atoms. The first-order valence-corrected chi connectivity index (χ1v) is 10.6. The summed E-state index contributed by atoms with van der Waals surface area (Å²) in [6, 6.07) is 8.28. The third-order valence-electron chi connectivity index (χ3n) is 5.70. The number of rotatable bonds is 7. The first kappa shape index (κ1) is 20.4. The average molecular weight is 382 g/mol. The van der Waals surface area contributed by atoms with Crippen molar-refractivity contribution in [2.75, 3.05) is 6.61 Å². The van der Waals surface area contributed by atoms with E-state index in [1.807, 2.05) is 6.92 Å². The van der Waals surface area contributed by atoms with E-state index in [-0.39, 0.29) is 17.7 Å². The van der Waals surface area contributed by atoms with Crippen molar-refractivity contribution in [3.8, 4) is 0 Å². The quantitative estimate of drug-likeness (QED) is 0.536. The van der Waals surface area contributed by atoms with Gasteiger partial charge in [-0.1, -0.05) is 51.0 Å². The van der Waals surface area contributed by atoms with Crippen LogP contribution < -0.4 is 5.32 Å². The smallest absolute Gasteiger partial charge is 0.336 e. The van der Waals surface area contributed by atoms with Crippen molar-refractivity contribution in [1.29, 1.82) is 0 Å². The molecule has 0 bridgehead atoms. The zero-order valence-corrected chi connectivity index (χ0v) is 17.3. The van der Waals surface area contributed by atoms with E-state index in [4.69, 9.17) is 4.74 Å². The number of dihydropyridines is 1. The summed E-state index contributed by atoms with van der Waals surface area (Å²) in [5.41, 5.74) is 5.34. The zero-order chi connectivity index (χ0) is 20.1. The minimum atomic E-state index is -0.339. The van der Waals surface area contributed by atoms with Gasteiger partial charge in [-0.3, -0.25) is 4.79 Å². The van der Waals surface area contributed by atoms with Gasteiger partial charge in [0, 0.05) is 29.3 Å². The summed E-state index contributed by atoms with van der Waals surface area (Å²) in [4.78, 5) is 25.8. The number of esters is 1. The Morgan fingerprint density at radius 2 is 1.89 bits per heavy atom. The van der Waals surface area contributed by atoms with Gasteiger partial charge in [0.2, 0.25) is 0 Å². The van der Waals surface area contributed by atoms with Crippen LogP contribution in [0.2, 0.25) is 0 Å². The normalized spacial score (nSPS) is 19.4. The molecular formula is C24H31NO3. The van der Waals surface area contributed by atoms with E-state index >= 15 is 0 Å². The predicted molar refractivity (Wildman–Crippen MR) is 111 cm³/mol. The Bertz CT molecular complexity index is 802. The molecule has 1 heterocycles. The molecule has 0 aromatic heterocycles. The predicted octanol–water partition coefficient (Wildman–Crippen LogP) is 4.95. The molecule has 28 heavy (non-hydrogen) atoms. The first-order chi connectivity index (χ1) is 13.6. The number of ketones is 1. The summed E-state index contributed by atoms with van der Waals surface area (Å²) < 4.78 is 5.59. The summed E-state index contributed by atoms with van der Waals surface area (Å²) in [6.45, 7) is 6.58. The lowest BCUT2D eigenvalue weighted by molar-refractivity contribution is -0.139. The van der Waals surface area contributed by atoms with E-state index in [1.54, 1.807) is 0 Å². The molecule has 3 rings (SSSR count). The van der Waals surface area contributed by atoms with Crippen molar-refractivity contribution in [2.45, 2.75) is 71.6 Å². The van der Waals surface area contributed by atoms with Gasteiger partial charge in [0.05, 0.1) is 12.2 Å². The van der Waals surface area contributed by atoms with Crippen molar-refractivity contribution in [3.63, 3.8) is 0 Å². The number of carbonyl (C=O) groups is 2. The summed E-state index contributed by atoms with van der Waals surface area (Å²) in [6.07, 6.45) is 6.20. The molecule has 0 fully saturated rings. The molecule has 1 unspecified atom stereocenters. The molecule has 1 aliphatic heterocycles. The molecule has 4 heteroatoms. The fourth-order valence-corrected chi connectivity index (χ4v) is 4.13. The Labute approximate surface area is 168 Å². The van der Waals surface area contributed by atoms with Crippen LogP contribution in [0.1, 0.15) is 76.3 Å². The fourth-order valence-electron chi connectivity index (χ4n) is 4.13. The van der Waals surface area contributed by atoms with Gasteiger partial charge in [-0.2, -0.15) is 0 Å². The maximum Gasteiger partial charge on any atom is 0.336 e. The maximum absolute atomic E-state index is 13.0. The highest BCUT2D eigenvalue weighted by Gasteiger charge is 2.38. The first-order valence-electron chi connectivity index (χ1n) is 10.6. The van der Waals surface area contributed by atoms with Crippen LogP contribution in [0.5, 0.6) is 0 Å². The largest absolute Gasteiger partial charge is 0.462 e. The van der Waals surface area contributed by atoms with Crippen LogP contribution in [0, 0.1) is 0 Å². The number of allylic oxidation sites excluding steroid dienone is 3. The SMILES string of the molecule is CCCCCOC(=O)C1=C(C)NC2=C(C(=O)CCC2)C1c1ccc(CC)cc1. The molecule has 2 aliphatic rings. The molecule has 0 saturated heterocycles. The van der Waals surface area contributed by atoms with Crippen LogP contribution in [0.15, 0.2) is 46.8 Å². The standard InChI is InChI=1S/C24H31NO3/c1-4-6-7-15-28-24(27)21-16(3)25-19-9-8-10-20(26)23(19)22(21)18-13-11-17(5-2)12-14-18/h11-14,22,25H,4-10,15H2,1-3H3. The topological polar surface area (TPSA) is 55.4 Å². The number of hydrogen-bond donors (Lipinski definition) is 1. The van der Waals surface area contributed by atoms with Gasteiger partial charge >= 0.3 is 5.97 Å². The number of Topliss-reactive ketones (excluding diaryl/α,β-unsaturated/α-hetero) is 1. The Balaban J connectivity index is 1.97. The highest BCUT2D eigenvalue weighted by molar-refractivity contribution is 6.03. The second-order valence-electron chi connectivity index (χ2n) is 7.70. The zero-order valence-electron chi connectivity index (χ0n) is 17.3. The van der Waals surface area contributed by atoms with Crippen LogP contribution in [-0.2, 0) is 20.7 Å². The summed E-state index contributed by atoms with van der Waals surface area (Å²) >= 11 is 0. The van der Waals surface area contributed by atoms with Crippen molar-refractivity contribution < 1.29 is 14.3 Å². The third-order valence-corrected chi connectivity index (χ3v) is 5.70. The van der Waals surface area contributed by atoms with E-state index < -0.39 is 0 Å². The molecule has 0 amide bonds. The lowest BCUT2D eigenvalue weighted by Gasteiger charge is -2.34. The summed E-state index contributed by atoms with van der Waals surface area (Å²) in [7, 11) is 0. The van der Waals surface area contributed by atoms with E-state index in [9.17, 15) is 9.59 Å². The lowest BCUT2D eigenvalue weighted by Crippen LogP contribution is -2.34. The molecule has 1 N–H and O–H groups in total.